The van der Waals surface area contributed by atoms with Crippen molar-refractivity contribution in [1.29, 1.82) is 0 Å². The number of sulfone groups is 1. The van der Waals surface area contributed by atoms with E-state index in [0.717, 1.165) is 25.2 Å². The molecule has 1 aromatic rings. The maximum absolute atomic E-state index is 12.1. The van der Waals surface area contributed by atoms with Gasteiger partial charge in [-0.15, -0.1) is 0 Å². The van der Waals surface area contributed by atoms with E-state index in [2.05, 4.69) is 12.2 Å². The molecule has 0 fully saturated rings. The summed E-state index contributed by atoms with van der Waals surface area (Å²) in [7, 11) is -3.06. The molecule has 0 unspecified atom stereocenters. The zero-order valence-corrected chi connectivity index (χ0v) is 13.3. The summed E-state index contributed by atoms with van der Waals surface area (Å²) >= 11 is 0. The lowest BCUT2D eigenvalue weighted by molar-refractivity contribution is 0.550. The van der Waals surface area contributed by atoms with Crippen LogP contribution >= 0.6 is 0 Å². The van der Waals surface area contributed by atoms with Crippen LogP contribution in [0.3, 0.4) is 0 Å². The van der Waals surface area contributed by atoms with Crippen molar-refractivity contribution < 1.29 is 8.42 Å². The molecule has 110 valence electrons. The number of aryl methyl sites for hydroxylation is 1. The number of hydrogen-bond donors (Lipinski definition) is 1. The highest BCUT2D eigenvalue weighted by Gasteiger charge is 2.28. The molecule has 1 N–H and O–H groups in total. The van der Waals surface area contributed by atoms with Crippen LogP contribution in [0.25, 0.3) is 0 Å². The Bertz CT molecular complexity index is 484. The summed E-state index contributed by atoms with van der Waals surface area (Å²) < 4.78 is 25.5. The zero-order valence-electron chi connectivity index (χ0n) is 12.4. The van der Waals surface area contributed by atoms with Crippen molar-refractivity contribution in [1.82, 2.24) is 9.88 Å². The van der Waals surface area contributed by atoms with Gasteiger partial charge in [-0.05, 0) is 45.9 Å². The molecule has 0 amide bonds. The highest BCUT2D eigenvalue weighted by atomic mass is 32.2. The van der Waals surface area contributed by atoms with Crippen molar-refractivity contribution in [3.8, 4) is 0 Å². The summed E-state index contributed by atoms with van der Waals surface area (Å²) in [6.45, 7) is 9.67. The average Bonchev–Trinajstić information content (AvgIpc) is 2.73. The molecule has 4 nitrogen and oxygen atoms in total. The summed E-state index contributed by atoms with van der Waals surface area (Å²) in [6, 6.07) is 4.00. The molecule has 0 spiro atoms. The molecule has 1 heterocycles. The molecule has 0 atom stereocenters. The molecule has 19 heavy (non-hydrogen) atoms. The lowest BCUT2D eigenvalue weighted by Crippen LogP contribution is -2.32. The fourth-order valence-corrected chi connectivity index (χ4v) is 2.80. The van der Waals surface area contributed by atoms with Crippen LogP contribution in [-0.4, -0.2) is 30.0 Å². The van der Waals surface area contributed by atoms with Crippen molar-refractivity contribution in [2.24, 2.45) is 0 Å². The van der Waals surface area contributed by atoms with Crippen LogP contribution in [-0.2, 0) is 22.9 Å². The van der Waals surface area contributed by atoms with E-state index in [1.54, 1.807) is 20.8 Å². The van der Waals surface area contributed by atoms with Gasteiger partial charge in [-0.25, -0.2) is 8.42 Å². The summed E-state index contributed by atoms with van der Waals surface area (Å²) in [5.74, 6) is 0.186. The van der Waals surface area contributed by atoms with Crippen LogP contribution in [0.1, 0.15) is 39.8 Å². The predicted octanol–water partition coefficient (Wildman–Crippen LogP) is 2.20. The van der Waals surface area contributed by atoms with Gasteiger partial charge in [0.25, 0.3) is 0 Å². The van der Waals surface area contributed by atoms with Crippen LogP contribution in [0.2, 0.25) is 0 Å². The first kappa shape index (κ1) is 16.2. The Balaban J connectivity index is 2.62. The molecular formula is C14H26N2O2S. The molecule has 0 aliphatic heterocycles. The van der Waals surface area contributed by atoms with Crippen LogP contribution < -0.4 is 5.32 Å². The van der Waals surface area contributed by atoms with Crippen LogP contribution in [0.5, 0.6) is 0 Å². The molecule has 0 aliphatic carbocycles. The van der Waals surface area contributed by atoms with Gasteiger partial charge in [0, 0.05) is 25.0 Å². The Hall–Kier alpha value is -0.810. The fourth-order valence-electron chi connectivity index (χ4n) is 1.75. The molecule has 1 aromatic heterocycles. The fraction of sp³-hybridized carbons (Fsp3) is 0.714. The van der Waals surface area contributed by atoms with Crippen molar-refractivity contribution in [2.45, 2.75) is 52.0 Å². The number of aromatic nitrogens is 1. The third-order valence-corrected chi connectivity index (χ3v) is 5.78. The van der Waals surface area contributed by atoms with E-state index in [1.807, 2.05) is 22.9 Å². The minimum Gasteiger partial charge on any atom is -0.349 e. The largest absolute Gasteiger partial charge is 0.349 e. The van der Waals surface area contributed by atoms with E-state index in [-0.39, 0.29) is 5.75 Å². The van der Waals surface area contributed by atoms with Crippen molar-refractivity contribution in [3.05, 3.63) is 24.0 Å². The second-order valence-corrected chi connectivity index (χ2v) is 8.66. The lowest BCUT2D eigenvalue weighted by Gasteiger charge is -2.20. The Morgan fingerprint density at radius 3 is 2.58 bits per heavy atom. The van der Waals surface area contributed by atoms with E-state index in [0.29, 0.717) is 6.54 Å². The summed E-state index contributed by atoms with van der Waals surface area (Å²) in [5, 5.41) is 3.33. The van der Waals surface area contributed by atoms with Gasteiger partial charge < -0.3 is 9.88 Å². The molecule has 0 saturated heterocycles. The first-order valence-electron chi connectivity index (χ1n) is 6.85. The number of hydrogen-bond acceptors (Lipinski definition) is 3. The predicted molar refractivity (Wildman–Crippen MR) is 80.0 cm³/mol. The van der Waals surface area contributed by atoms with Gasteiger partial charge in [-0.3, -0.25) is 0 Å². The molecule has 0 bridgehead atoms. The lowest BCUT2D eigenvalue weighted by atomic mass is 10.3. The normalized spacial score (nSPS) is 12.8. The van der Waals surface area contributed by atoms with Crippen molar-refractivity contribution >= 4 is 9.84 Å². The Kier molecular flexibility index (Phi) is 5.62. The second-order valence-electron chi connectivity index (χ2n) is 5.80. The third-order valence-electron chi connectivity index (χ3n) is 3.19. The summed E-state index contributed by atoms with van der Waals surface area (Å²) in [4.78, 5) is 0. The van der Waals surface area contributed by atoms with E-state index >= 15 is 0 Å². The maximum atomic E-state index is 12.1. The van der Waals surface area contributed by atoms with Gasteiger partial charge in [0.1, 0.15) is 0 Å². The molecule has 0 aromatic carbocycles. The maximum Gasteiger partial charge on any atom is 0.156 e. The standard InChI is InChI=1S/C14H26N2O2S/c1-5-8-15-12-13-7-6-9-16(13)10-11-19(17,18)14(2,3)4/h6-7,9,15H,5,8,10-12H2,1-4H3. The minimum atomic E-state index is -3.06. The second kappa shape index (κ2) is 6.57. The van der Waals surface area contributed by atoms with Crippen molar-refractivity contribution in [2.75, 3.05) is 12.3 Å². The molecule has 0 saturated carbocycles. The smallest absolute Gasteiger partial charge is 0.156 e. The van der Waals surface area contributed by atoms with E-state index in [4.69, 9.17) is 0 Å². The van der Waals surface area contributed by atoms with E-state index < -0.39 is 14.6 Å². The quantitative estimate of drug-likeness (QED) is 0.782. The highest BCUT2D eigenvalue weighted by Crippen LogP contribution is 2.16. The topological polar surface area (TPSA) is 51.1 Å². The summed E-state index contributed by atoms with van der Waals surface area (Å²) in [5.41, 5.74) is 1.14. The molecule has 0 aliphatic rings. The zero-order chi connectivity index (χ0) is 14.5. The SMILES string of the molecule is CCCNCc1cccn1CCS(=O)(=O)C(C)(C)C. The first-order chi connectivity index (χ1) is 8.78. The number of rotatable bonds is 7. The molecule has 0 radical (unpaired) electrons. The Labute approximate surface area is 117 Å². The van der Waals surface area contributed by atoms with Gasteiger partial charge in [-0.2, -0.15) is 0 Å². The van der Waals surface area contributed by atoms with Gasteiger partial charge >= 0.3 is 0 Å². The monoisotopic (exact) mass is 286 g/mol. The van der Waals surface area contributed by atoms with Crippen molar-refractivity contribution in [3.63, 3.8) is 0 Å². The van der Waals surface area contributed by atoms with Gasteiger partial charge in [-0.1, -0.05) is 6.92 Å². The Morgan fingerprint density at radius 2 is 2.00 bits per heavy atom. The Morgan fingerprint density at radius 1 is 1.32 bits per heavy atom. The van der Waals surface area contributed by atoms with Crippen LogP contribution in [0.4, 0.5) is 0 Å². The van der Waals surface area contributed by atoms with E-state index in [9.17, 15) is 8.42 Å². The third kappa shape index (κ3) is 4.66. The van der Waals surface area contributed by atoms with Gasteiger partial charge in [0.05, 0.1) is 10.5 Å². The van der Waals surface area contributed by atoms with E-state index in [1.165, 1.54) is 0 Å². The number of nitrogens with zero attached hydrogens (tertiary/aromatic N) is 1. The number of nitrogens with one attached hydrogen (secondary N) is 1. The molecule has 5 heteroatoms. The van der Waals surface area contributed by atoms with Gasteiger partial charge in [0.15, 0.2) is 9.84 Å². The molecular weight excluding hydrogens is 260 g/mol. The summed E-state index contributed by atoms with van der Waals surface area (Å²) in [6.07, 6.45) is 3.04. The van der Waals surface area contributed by atoms with Crippen LogP contribution in [0, 0.1) is 0 Å². The highest BCUT2D eigenvalue weighted by molar-refractivity contribution is 7.92. The molecule has 1 rings (SSSR count). The van der Waals surface area contributed by atoms with Crippen LogP contribution in [0.15, 0.2) is 18.3 Å². The minimum absolute atomic E-state index is 0.186. The average molecular weight is 286 g/mol. The van der Waals surface area contributed by atoms with Gasteiger partial charge in [0.2, 0.25) is 0 Å². The first-order valence-corrected chi connectivity index (χ1v) is 8.50.